The summed E-state index contributed by atoms with van der Waals surface area (Å²) in [5.74, 6) is -5.75. The molecule has 37 nitrogen and oxygen atoms in total. The van der Waals surface area contributed by atoms with E-state index in [-0.39, 0.29) is 72.2 Å². The fraction of sp³-hybridized carbons (Fsp3) is 0.855. The van der Waals surface area contributed by atoms with Crippen molar-refractivity contribution in [1.82, 2.24) is 5.32 Å². The zero-order chi connectivity index (χ0) is 70.7. The highest BCUT2D eigenvalue weighted by molar-refractivity contribution is 5.78. The summed E-state index contributed by atoms with van der Waals surface area (Å²) < 4.78 is 69.4. The molecule has 0 aromatic carbocycles. The van der Waals surface area contributed by atoms with E-state index in [1.165, 1.54) is 0 Å². The number of rotatable bonds is 20. The number of carbonyl (C=O) groups is 2. The Morgan fingerprint density at radius 1 is 0.589 bits per heavy atom. The number of hydrogen-bond donors (Lipinski definition) is 23. The molecule has 8 fully saturated rings. The fourth-order valence-corrected chi connectivity index (χ4v) is 16.2. The largest absolute Gasteiger partial charge is 0.490 e. The highest BCUT2D eigenvalue weighted by Gasteiger charge is 2.66. The molecule has 0 aromatic heterocycles. The van der Waals surface area contributed by atoms with Crippen LogP contribution in [0.25, 0.3) is 0 Å². The van der Waals surface area contributed by atoms with Crippen LogP contribution < -0.4 is 74.1 Å². The summed E-state index contributed by atoms with van der Waals surface area (Å²) in [5, 5.41) is 115. The Balaban J connectivity index is 0.00000172. The molecule has 5 aliphatic carbocycles. The van der Waals surface area contributed by atoms with Crippen LogP contribution in [-0.4, -0.2) is 259 Å². The molecule has 8 rings (SSSR count). The number of halogens is 3. The van der Waals surface area contributed by atoms with E-state index in [1.807, 2.05) is 0 Å². The number of aliphatic hydroxyl groups is 9. The number of ether oxygens (including phenoxy) is 6. The van der Waals surface area contributed by atoms with Gasteiger partial charge in [-0.3, -0.25) is 14.8 Å². The van der Waals surface area contributed by atoms with Crippen molar-refractivity contribution in [1.29, 1.82) is 0 Å². The van der Waals surface area contributed by atoms with Gasteiger partial charge in [-0.2, -0.15) is 13.2 Å². The van der Waals surface area contributed by atoms with Crippen LogP contribution in [0.3, 0.4) is 0 Å². The van der Waals surface area contributed by atoms with E-state index in [0.717, 1.165) is 19.3 Å². The first-order valence-corrected chi connectivity index (χ1v) is 31.4. The first-order valence-electron chi connectivity index (χ1n) is 31.4. The van der Waals surface area contributed by atoms with Gasteiger partial charge in [-0.05, 0) is 104 Å². The molecule has 3 heterocycles. The summed E-state index contributed by atoms with van der Waals surface area (Å²) in [4.78, 5) is 47.6. The second kappa shape index (κ2) is 31.1. The first kappa shape index (κ1) is 76.1. The Hall–Kier alpha value is -6.25. The molecule has 3 aliphatic heterocycles. The maximum absolute atomic E-state index is 14.1. The lowest BCUT2D eigenvalue weighted by Crippen LogP contribution is -2.64. The second-order valence-corrected chi connectivity index (χ2v) is 26.6. The van der Waals surface area contributed by atoms with Crippen LogP contribution in [0, 0.1) is 46.3 Å². The average Bonchev–Trinajstić information content (AvgIpc) is 1.68. The number of fused-ring (bicyclic) bond motifs is 5. The third-order valence-corrected chi connectivity index (χ3v) is 20.7. The van der Waals surface area contributed by atoms with E-state index in [1.54, 1.807) is 0 Å². The van der Waals surface area contributed by atoms with Gasteiger partial charge in [-0.1, -0.05) is 20.8 Å². The number of carboxylic acids is 1. The minimum Gasteiger partial charge on any atom is -0.475 e. The molecule has 5 unspecified atom stereocenters. The molecule has 0 radical (unpaired) electrons. The van der Waals surface area contributed by atoms with Crippen LogP contribution in [0.15, 0.2) is 30.0 Å². The molecule has 1 amide bonds. The molecule has 35 N–H and O–H groups in total. The number of nitrogens with zero attached hydrogens (tertiary/aromatic N) is 6. The Bertz CT molecular complexity index is 2800. The molecule has 0 bridgehead atoms. The Morgan fingerprint density at radius 3 is 1.73 bits per heavy atom. The molecule has 95 heavy (non-hydrogen) atoms. The second-order valence-electron chi connectivity index (χ2n) is 26.6. The number of nitrogens with two attached hydrogens (primary N) is 12. The van der Waals surface area contributed by atoms with Crippen molar-refractivity contribution >= 4 is 47.6 Å². The number of aliphatic carboxylic acids is 1. The predicted octanol–water partition coefficient (Wildman–Crippen LogP) is -8.87. The third kappa shape index (κ3) is 17.4. The van der Waals surface area contributed by atoms with E-state index in [2.05, 4.69) is 56.0 Å². The predicted molar refractivity (Wildman–Crippen MR) is 330 cm³/mol. The highest BCUT2D eigenvalue weighted by atomic mass is 19.4. The summed E-state index contributed by atoms with van der Waals surface area (Å²) in [6.45, 7) is 5.30. The van der Waals surface area contributed by atoms with E-state index in [9.17, 15) is 63.9 Å². The van der Waals surface area contributed by atoms with Gasteiger partial charge in [0.1, 0.15) is 85.3 Å². The molecule has 30 atom stereocenters. The molecule has 3 saturated heterocycles. The van der Waals surface area contributed by atoms with Gasteiger partial charge in [0.2, 0.25) is 5.91 Å². The summed E-state index contributed by atoms with van der Waals surface area (Å²) in [6, 6.07) is -5.67. The molecular formula is C55H98F3N19O18. The topological polar surface area (TPSA) is 690 Å². The Morgan fingerprint density at radius 2 is 1.15 bits per heavy atom. The van der Waals surface area contributed by atoms with Crippen molar-refractivity contribution < 1.29 is 102 Å². The van der Waals surface area contributed by atoms with Gasteiger partial charge in [-0.15, -0.1) is 0 Å². The number of amides is 1. The molecule has 542 valence electrons. The van der Waals surface area contributed by atoms with Crippen LogP contribution in [0.4, 0.5) is 13.2 Å². The lowest BCUT2D eigenvalue weighted by atomic mass is 9.43. The maximum atomic E-state index is 14.1. The van der Waals surface area contributed by atoms with Crippen molar-refractivity contribution in [3.8, 4) is 0 Å². The van der Waals surface area contributed by atoms with Gasteiger partial charge in [-0.25, -0.2) is 24.8 Å². The molecule has 0 aromatic rings. The number of guanidine groups is 6. The molecule has 8 aliphatic rings. The smallest absolute Gasteiger partial charge is 0.475 e. The number of hydrogen-bond acceptors (Lipinski definition) is 23. The van der Waals surface area contributed by atoms with Gasteiger partial charge in [0.05, 0.1) is 43.5 Å². The van der Waals surface area contributed by atoms with E-state index in [0.29, 0.717) is 32.1 Å². The van der Waals surface area contributed by atoms with Crippen LogP contribution >= 0.6 is 0 Å². The zero-order valence-corrected chi connectivity index (χ0v) is 52.8. The number of carboxylic acid groups (broad SMARTS) is 1. The van der Waals surface area contributed by atoms with Gasteiger partial charge in [0.15, 0.2) is 54.6 Å². The average molecular weight is 1370 g/mol. The van der Waals surface area contributed by atoms with E-state index in [4.69, 9.17) is 107 Å². The van der Waals surface area contributed by atoms with E-state index < -0.39 is 195 Å². The van der Waals surface area contributed by atoms with Gasteiger partial charge in [0.25, 0.3) is 0 Å². The monoisotopic (exact) mass is 1370 g/mol. The van der Waals surface area contributed by atoms with Crippen LogP contribution in [0.1, 0.15) is 85.0 Å². The van der Waals surface area contributed by atoms with Crippen LogP contribution in [0.5, 0.6) is 0 Å². The lowest BCUT2D eigenvalue weighted by Gasteiger charge is -2.63. The van der Waals surface area contributed by atoms with E-state index >= 15 is 0 Å². The molecule has 0 spiro atoms. The normalized spacial score (nSPS) is 42.5. The number of nitrogens with one attached hydrogen (secondary N) is 1. The highest BCUT2D eigenvalue weighted by Crippen LogP contribution is 2.68. The first-order chi connectivity index (χ1) is 44.3. The number of alkyl halides is 3. The molecule has 40 heteroatoms. The summed E-state index contributed by atoms with van der Waals surface area (Å²) in [7, 11) is 0. The summed E-state index contributed by atoms with van der Waals surface area (Å²) in [6.07, 6.45) is -26.9. The third-order valence-electron chi connectivity index (χ3n) is 20.7. The Kier molecular flexibility index (Phi) is 24.9. The van der Waals surface area contributed by atoms with Gasteiger partial charge in [0, 0.05) is 13.0 Å². The summed E-state index contributed by atoms with van der Waals surface area (Å²) in [5.41, 5.74) is 68.4. The van der Waals surface area contributed by atoms with Crippen LogP contribution in [-0.2, 0) is 38.0 Å². The van der Waals surface area contributed by atoms with Crippen molar-refractivity contribution in [2.24, 2.45) is 145 Å². The quantitative estimate of drug-likeness (QED) is 0.0398. The Labute approximate surface area is 544 Å². The van der Waals surface area contributed by atoms with Crippen molar-refractivity contribution in [2.45, 2.75) is 226 Å². The standard InChI is InChI=1S/C53H97N19O16.C2HF3O2/c1-17(20-5-6-21-31-22(12-29(75)53(20,21)3)52(2)9-8-19(73)10-18(52)11-25(31)74)4-7-30(76)66-16-28-40(86-41-32(71-50(62)63)35(78)26(83-43(41)82)14-67-46(54)55)38(81)45(85-28)88-42-34(77)23(69-48(58)59)13-24(70-49(60)61)39(42)87-44-33(72-51(64)65)37(80)36(79)27(84-44)15-68-47(56)57;3-2(4,5)1(6)7/h17-29,31-45,73-75,77-82H,4-16H2,1-3H3,(H,66,76)(H4,54,55,67)(H4,56,57,68)(H4,58,59,69)(H4,60,61,70)(H4,62,63,71)(H4,64,65,72);(H,6,7)/t17-,18?,19-,20-,21?,22?,23-,24+,25-,26-,27-,28-,29+,31?,32-,33-,34+,35-,36-,37-,38-,39-,40-,41-,42-,43+,44-,45?,52+,53-;/m1./s1. The number of aliphatic imine (C=N–C) groups is 6. The van der Waals surface area contributed by atoms with Crippen molar-refractivity contribution in [3.05, 3.63) is 0 Å². The fourth-order valence-electron chi connectivity index (χ4n) is 16.2. The minimum atomic E-state index is -5.08. The van der Waals surface area contributed by atoms with Gasteiger partial charge < -0.3 is 154 Å². The maximum Gasteiger partial charge on any atom is 0.490 e. The van der Waals surface area contributed by atoms with Crippen LogP contribution in [0.2, 0.25) is 0 Å². The molecule has 5 saturated carbocycles. The van der Waals surface area contributed by atoms with Gasteiger partial charge >= 0.3 is 12.1 Å². The number of aliphatic hydroxyl groups excluding tert-OH is 9. The lowest BCUT2D eigenvalue weighted by molar-refractivity contribution is -0.306. The zero-order valence-electron chi connectivity index (χ0n) is 52.8. The summed E-state index contributed by atoms with van der Waals surface area (Å²) >= 11 is 0. The minimum absolute atomic E-state index is 0.00534. The SMILES string of the molecule is C[C@H](CCC(=O)NC[C@H]1OC(O[C@@H]2[C@@H](O)[C@H](N=C(N)N)C[C@H](N=C(N)N)[C@H]2O[C@H]2O[C@H](CN=C(N)N)[C@@H](O)[C@H](O)[C@H]2N=C(N)N)[C@H](O)[C@@H]1O[C@@H]1[C@H](N=C(N)N)[C@H](O)[C@@H](CN=C(N)N)O[C@@H]1O)[C@H]1CCC2C3C(C[C@H](O)[C@@]21C)[C@@]1(C)CC[C@@H](O)CC1C[C@H]3O.O=C(O)C(F)(F)F. The van der Waals surface area contributed by atoms with Crippen molar-refractivity contribution in [2.75, 3.05) is 19.6 Å². The molecular weight excluding hydrogens is 1270 g/mol. The number of carbonyl (C=O) groups excluding carboxylic acids is 1. The van der Waals surface area contributed by atoms with Crippen molar-refractivity contribution in [3.63, 3.8) is 0 Å².